The second-order valence-electron chi connectivity index (χ2n) is 2.42. The summed E-state index contributed by atoms with van der Waals surface area (Å²) >= 11 is 1.64. The van der Waals surface area contributed by atoms with Gasteiger partial charge in [-0.25, -0.2) is 4.98 Å². The van der Waals surface area contributed by atoms with Gasteiger partial charge in [-0.3, -0.25) is 0 Å². The van der Waals surface area contributed by atoms with E-state index in [4.69, 9.17) is 5.73 Å². The lowest BCUT2D eigenvalue weighted by atomic mass is 10.3. The highest BCUT2D eigenvalue weighted by Crippen LogP contribution is 2.38. The largest absolute Gasteiger partial charge is 0.327 e. The van der Waals surface area contributed by atoms with Crippen molar-refractivity contribution in [3.05, 3.63) is 16.6 Å². The molecular weight excluding hydrogens is 203 g/mol. The highest BCUT2D eigenvalue weighted by Gasteiger charge is 2.36. The molecule has 0 saturated heterocycles. The molecule has 1 aromatic rings. The fourth-order valence-corrected chi connectivity index (χ4v) is 1.58. The SMILES string of the molecule is Cl.Cl.N[C@@H]1C[C@H]1c1cscn1. The van der Waals surface area contributed by atoms with E-state index in [0.29, 0.717) is 12.0 Å². The first-order valence-electron chi connectivity index (χ1n) is 3.01. The summed E-state index contributed by atoms with van der Waals surface area (Å²) in [6, 6.07) is 0.395. The highest BCUT2D eigenvalue weighted by atomic mass is 35.5. The van der Waals surface area contributed by atoms with E-state index in [1.807, 2.05) is 5.51 Å². The van der Waals surface area contributed by atoms with Gasteiger partial charge in [-0.05, 0) is 6.42 Å². The molecule has 2 rings (SSSR count). The average molecular weight is 213 g/mol. The minimum Gasteiger partial charge on any atom is -0.327 e. The predicted octanol–water partition coefficient (Wildman–Crippen LogP) is 1.80. The van der Waals surface area contributed by atoms with Gasteiger partial charge in [0.1, 0.15) is 0 Å². The molecule has 1 aliphatic rings. The van der Waals surface area contributed by atoms with E-state index in [1.165, 1.54) is 5.69 Å². The number of rotatable bonds is 1. The van der Waals surface area contributed by atoms with Crippen LogP contribution in [0.2, 0.25) is 0 Å². The van der Waals surface area contributed by atoms with E-state index < -0.39 is 0 Å². The van der Waals surface area contributed by atoms with Crippen molar-refractivity contribution in [2.45, 2.75) is 18.4 Å². The van der Waals surface area contributed by atoms with Gasteiger partial charge < -0.3 is 5.73 Å². The summed E-state index contributed by atoms with van der Waals surface area (Å²) in [5.41, 5.74) is 8.67. The highest BCUT2D eigenvalue weighted by molar-refractivity contribution is 7.07. The Balaban J connectivity index is 0.000000500. The van der Waals surface area contributed by atoms with E-state index in [0.717, 1.165) is 6.42 Å². The Hall–Kier alpha value is 0.170. The molecule has 0 aliphatic heterocycles. The summed E-state index contributed by atoms with van der Waals surface area (Å²) in [5, 5.41) is 2.08. The van der Waals surface area contributed by atoms with E-state index in [-0.39, 0.29) is 24.8 Å². The van der Waals surface area contributed by atoms with Crippen LogP contribution in [-0.4, -0.2) is 11.0 Å². The topological polar surface area (TPSA) is 38.9 Å². The smallest absolute Gasteiger partial charge is 0.0794 e. The molecule has 1 saturated carbocycles. The minimum atomic E-state index is 0. The van der Waals surface area contributed by atoms with Crippen LogP contribution >= 0.6 is 36.2 Å². The Morgan fingerprint density at radius 2 is 2.18 bits per heavy atom. The third-order valence-corrected chi connectivity index (χ3v) is 2.28. The van der Waals surface area contributed by atoms with E-state index in [2.05, 4.69) is 10.4 Å². The zero-order valence-corrected chi connectivity index (χ0v) is 8.22. The Kier molecular flexibility index (Phi) is 4.32. The van der Waals surface area contributed by atoms with Crippen LogP contribution in [0.25, 0.3) is 0 Å². The van der Waals surface area contributed by atoms with E-state index in [9.17, 15) is 0 Å². The molecule has 2 N–H and O–H groups in total. The molecule has 0 spiro atoms. The number of hydrogen-bond acceptors (Lipinski definition) is 3. The average Bonchev–Trinajstić information content (AvgIpc) is 2.44. The van der Waals surface area contributed by atoms with Gasteiger partial charge >= 0.3 is 0 Å². The van der Waals surface area contributed by atoms with Crippen molar-refractivity contribution in [2.24, 2.45) is 5.73 Å². The molecule has 0 bridgehead atoms. The molecule has 1 heterocycles. The lowest BCUT2D eigenvalue weighted by molar-refractivity contribution is 0.958. The monoisotopic (exact) mass is 212 g/mol. The number of aromatic nitrogens is 1. The van der Waals surface area contributed by atoms with Gasteiger partial charge in [0.25, 0.3) is 0 Å². The van der Waals surface area contributed by atoms with Crippen LogP contribution in [-0.2, 0) is 0 Å². The predicted molar refractivity (Wildman–Crippen MR) is 51.9 cm³/mol. The van der Waals surface area contributed by atoms with Crippen molar-refractivity contribution >= 4 is 36.2 Å². The first-order chi connectivity index (χ1) is 4.38. The molecule has 0 aromatic carbocycles. The van der Waals surface area contributed by atoms with Crippen LogP contribution in [0, 0.1) is 0 Å². The molecule has 1 aliphatic carbocycles. The molecule has 2 nitrogen and oxygen atoms in total. The molecule has 2 atom stereocenters. The lowest BCUT2D eigenvalue weighted by Crippen LogP contribution is -2.00. The second kappa shape index (κ2) is 4.26. The fourth-order valence-electron chi connectivity index (χ4n) is 0.960. The zero-order valence-electron chi connectivity index (χ0n) is 5.77. The Morgan fingerprint density at radius 3 is 2.55 bits per heavy atom. The molecule has 0 amide bonds. The summed E-state index contributed by atoms with van der Waals surface area (Å²) in [7, 11) is 0. The van der Waals surface area contributed by atoms with Gasteiger partial charge in [0.05, 0.1) is 11.2 Å². The Bertz CT molecular complexity index is 202. The van der Waals surface area contributed by atoms with Gasteiger partial charge in [0, 0.05) is 17.3 Å². The number of nitrogens with two attached hydrogens (primary N) is 1. The van der Waals surface area contributed by atoms with E-state index >= 15 is 0 Å². The molecule has 0 unspecified atom stereocenters. The summed E-state index contributed by atoms with van der Waals surface area (Å²) in [4.78, 5) is 4.17. The van der Waals surface area contributed by atoms with Gasteiger partial charge in [-0.1, -0.05) is 0 Å². The van der Waals surface area contributed by atoms with Gasteiger partial charge in [0.2, 0.25) is 0 Å². The number of halogens is 2. The van der Waals surface area contributed by atoms with Crippen molar-refractivity contribution < 1.29 is 0 Å². The second-order valence-corrected chi connectivity index (χ2v) is 3.14. The minimum absolute atomic E-state index is 0. The third kappa shape index (κ3) is 2.30. The maximum Gasteiger partial charge on any atom is 0.0794 e. The molecule has 11 heavy (non-hydrogen) atoms. The third-order valence-electron chi connectivity index (χ3n) is 1.67. The van der Waals surface area contributed by atoms with Crippen LogP contribution in [0.3, 0.4) is 0 Å². The van der Waals surface area contributed by atoms with Crippen LogP contribution < -0.4 is 5.73 Å². The number of hydrogen-bond donors (Lipinski definition) is 1. The standard InChI is InChI=1S/C6H8N2S.2ClH/c7-5-1-4(5)6-2-9-3-8-6;;/h2-5H,1,7H2;2*1H/t4-,5-;;/m1../s1. The fraction of sp³-hybridized carbons (Fsp3) is 0.500. The molecular formula is C6H10Cl2N2S. The molecule has 0 radical (unpaired) electrons. The molecule has 1 aromatic heterocycles. The van der Waals surface area contributed by atoms with Gasteiger partial charge in [-0.15, -0.1) is 36.2 Å². The Morgan fingerprint density at radius 1 is 1.55 bits per heavy atom. The summed E-state index contributed by atoms with van der Waals surface area (Å²) in [6.45, 7) is 0. The van der Waals surface area contributed by atoms with Crippen molar-refractivity contribution in [1.82, 2.24) is 4.98 Å². The maximum absolute atomic E-state index is 5.62. The quantitative estimate of drug-likeness (QED) is 0.772. The van der Waals surface area contributed by atoms with Crippen LogP contribution in [0.1, 0.15) is 18.0 Å². The summed E-state index contributed by atoms with van der Waals surface area (Å²) < 4.78 is 0. The number of thiazole rings is 1. The van der Waals surface area contributed by atoms with Crippen LogP contribution in [0.4, 0.5) is 0 Å². The summed E-state index contributed by atoms with van der Waals surface area (Å²) in [5.74, 6) is 0.580. The lowest BCUT2D eigenvalue weighted by Gasteiger charge is -1.85. The van der Waals surface area contributed by atoms with E-state index in [1.54, 1.807) is 11.3 Å². The molecule has 5 heteroatoms. The number of nitrogens with zero attached hydrogens (tertiary/aromatic N) is 1. The molecule has 1 fully saturated rings. The normalized spacial score (nSPS) is 26.6. The van der Waals surface area contributed by atoms with Gasteiger partial charge in [0.15, 0.2) is 0 Å². The van der Waals surface area contributed by atoms with Crippen molar-refractivity contribution in [2.75, 3.05) is 0 Å². The van der Waals surface area contributed by atoms with Crippen LogP contribution in [0.5, 0.6) is 0 Å². The first-order valence-corrected chi connectivity index (χ1v) is 3.96. The summed E-state index contributed by atoms with van der Waals surface area (Å²) in [6.07, 6.45) is 1.13. The van der Waals surface area contributed by atoms with Crippen molar-refractivity contribution in [3.63, 3.8) is 0 Å². The zero-order chi connectivity index (χ0) is 6.27. The van der Waals surface area contributed by atoms with Crippen molar-refractivity contribution in [1.29, 1.82) is 0 Å². The molecule has 64 valence electrons. The van der Waals surface area contributed by atoms with Crippen molar-refractivity contribution in [3.8, 4) is 0 Å². The Labute approximate surface area is 82.0 Å². The maximum atomic E-state index is 5.62. The van der Waals surface area contributed by atoms with Gasteiger partial charge in [-0.2, -0.15) is 0 Å². The van der Waals surface area contributed by atoms with Crippen LogP contribution in [0.15, 0.2) is 10.9 Å². The first kappa shape index (κ1) is 11.2.